The fourth-order valence-corrected chi connectivity index (χ4v) is 1.87. The highest BCUT2D eigenvalue weighted by molar-refractivity contribution is 6.29. The smallest absolute Gasteiger partial charge is 0.134 e. The van der Waals surface area contributed by atoms with Crippen molar-refractivity contribution >= 4 is 17.4 Å². The maximum Gasteiger partial charge on any atom is 0.134 e. The zero-order valence-electron chi connectivity index (χ0n) is 7.86. The lowest BCUT2D eigenvalue weighted by molar-refractivity contribution is 0.602. The minimum atomic E-state index is 0.492. The van der Waals surface area contributed by atoms with E-state index in [1.165, 1.54) is 6.33 Å². The fourth-order valence-electron chi connectivity index (χ4n) is 1.73. The van der Waals surface area contributed by atoms with Crippen molar-refractivity contribution in [2.45, 2.75) is 6.42 Å². The van der Waals surface area contributed by atoms with Crippen LogP contribution in [0.1, 0.15) is 6.42 Å². The van der Waals surface area contributed by atoms with Crippen LogP contribution in [0.15, 0.2) is 12.4 Å². The topological polar surface area (TPSA) is 55.0 Å². The predicted octanol–water partition coefficient (Wildman–Crippen LogP) is 0.915. The van der Waals surface area contributed by atoms with Crippen LogP contribution in [0.5, 0.6) is 0 Å². The van der Waals surface area contributed by atoms with Crippen LogP contribution in [0.3, 0.4) is 0 Å². The van der Waals surface area contributed by atoms with Gasteiger partial charge in [0.25, 0.3) is 0 Å². The van der Waals surface area contributed by atoms with E-state index in [2.05, 4.69) is 14.9 Å². The van der Waals surface area contributed by atoms with Crippen molar-refractivity contribution in [2.24, 2.45) is 11.7 Å². The van der Waals surface area contributed by atoms with Crippen LogP contribution in [0.25, 0.3) is 0 Å². The van der Waals surface area contributed by atoms with Gasteiger partial charge in [0.05, 0.1) is 0 Å². The van der Waals surface area contributed by atoms with Crippen LogP contribution in [-0.2, 0) is 0 Å². The highest BCUT2D eigenvalue weighted by Gasteiger charge is 2.22. The molecule has 4 nitrogen and oxygen atoms in total. The zero-order chi connectivity index (χ0) is 9.97. The van der Waals surface area contributed by atoms with E-state index in [-0.39, 0.29) is 0 Å². The Bertz CT molecular complexity index is 317. The van der Waals surface area contributed by atoms with Crippen molar-refractivity contribution in [1.82, 2.24) is 9.97 Å². The summed E-state index contributed by atoms with van der Waals surface area (Å²) in [5.74, 6) is 1.49. The summed E-state index contributed by atoms with van der Waals surface area (Å²) < 4.78 is 0. The van der Waals surface area contributed by atoms with Gasteiger partial charge in [-0.25, -0.2) is 9.97 Å². The monoisotopic (exact) mass is 212 g/mol. The third kappa shape index (κ3) is 1.96. The Hall–Kier alpha value is -0.870. The van der Waals surface area contributed by atoms with Gasteiger partial charge >= 0.3 is 0 Å². The molecular weight excluding hydrogens is 200 g/mol. The molecule has 1 aromatic heterocycles. The van der Waals surface area contributed by atoms with E-state index < -0.39 is 0 Å². The maximum atomic E-state index is 5.79. The van der Waals surface area contributed by atoms with Crippen LogP contribution in [-0.4, -0.2) is 29.6 Å². The van der Waals surface area contributed by atoms with Crippen LogP contribution in [0.2, 0.25) is 5.15 Å². The first-order chi connectivity index (χ1) is 6.79. The highest BCUT2D eigenvalue weighted by Crippen LogP contribution is 2.22. The second kappa shape index (κ2) is 4.11. The largest absolute Gasteiger partial charge is 0.356 e. The lowest BCUT2D eigenvalue weighted by Gasteiger charge is -2.16. The van der Waals surface area contributed by atoms with E-state index in [1.807, 2.05) is 0 Å². The summed E-state index contributed by atoms with van der Waals surface area (Å²) in [5.41, 5.74) is 5.62. The molecule has 0 bridgehead atoms. The number of halogens is 1. The number of hydrogen-bond donors (Lipinski definition) is 1. The Labute approximate surface area is 88.1 Å². The molecule has 1 aromatic rings. The number of hydrogen-bond acceptors (Lipinski definition) is 4. The summed E-state index contributed by atoms with van der Waals surface area (Å²) in [6.45, 7) is 2.73. The van der Waals surface area contributed by atoms with E-state index >= 15 is 0 Å². The Balaban J connectivity index is 2.09. The first kappa shape index (κ1) is 9.68. The molecule has 1 saturated heterocycles. The summed E-state index contributed by atoms with van der Waals surface area (Å²) >= 11 is 5.79. The van der Waals surface area contributed by atoms with Gasteiger partial charge in [-0.1, -0.05) is 11.6 Å². The Morgan fingerprint density at radius 1 is 1.57 bits per heavy atom. The fraction of sp³-hybridized carbons (Fsp3) is 0.556. The Morgan fingerprint density at radius 2 is 2.43 bits per heavy atom. The summed E-state index contributed by atoms with van der Waals surface area (Å²) in [5, 5.41) is 0.492. The minimum Gasteiger partial charge on any atom is -0.356 e. The average molecular weight is 213 g/mol. The van der Waals surface area contributed by atoms with E-state index in [0.29, 0.717) is 11.1 Å². The van der Waals surface area contributed by atoms with Crippen molar-refractivity contribution in [2.75, 3.05) is 24.5 Å². The molecule has 1 aliphatic rings. The van der Waals surface area contributed by atoms with Crippen LogP contribution in [0.4, 0.5) is 5.82 Å². The molecule has 76 valence electrons. The van der Waals surface area contributed by atoms with Gasteiger partial charge in [0.1, 0.15) is 17.3 Å². The highest BCUT2D eigenvalue weighted by atomic mass is 35.5. The molecule has 1 fully saturated rings. The predicted molar refractivity (Wildman–Crippen MR) is 56.4 cm³/mol. The van der Waals surface area contributed by atoms with Gasteiger partial charge in [0, 0.05) is 19.2 Å². The van der Waals surface area contributed by atoms with Crippen molar-refractivity contribution in [3.8, 4) is 0 Å². The van der Waals surface area contributed by atoms with Gasteiger partial charge < -0.3 is 10.6 Å². The van der Waals surface area contributed by atoms with Gasteiger partial charge in [-0.15, -0.1) is 0 Å². The van der Waals surface area contributed by atoms with Crippen molar-refractivity contribution in [3.05, 3.63) is 17.5 Å². The van der Waals surface area contributed by atoms with Crippen molar-refractivity contribution in [1.29, 1.82) is 0 Å². The minimum absolute atomic E-state index is 0.492. The normalized spacial score (nSPS) is 21.6. The van der Waals surface area contributed by atoms with Crippen molar-refractivity contribution < 1.29 is 0 Å². The Kier molecular flexibility index (Phi) is 2.84. The molecule has 5 heteroatoms. The molecule has 14 heavy (non-hydrogen) atoms. The number of rotatable bonds is 2. The SMILES string of the molecule is NC[C@@H]1CCN(c2cc(Cl)ncn2)C1. The summed E-state index contributed by atoms with van der Waals surface area (Å²) in [6, 6.07) is 1.79. The van der Waals surface area contributed by atoms with Gasteiger partial charge in [-0.3, -0.25) is 0 Å². The molecule has 0 aromatic carbocycles. The molecule has 0 saturated carbocycles. The lowest BCUT2D eigenvalue weighted by Crippen LogP contribution is -2.23. The van der Waals surface area contributed by atoms with Crippen LogP contribution < -0.4 is 10.6 Å². The maximum absolute atomic E-state index is 5.79. The van der Waals surface area contributed by atoms with Crippen LogP contribution >= 0.6 is 11.6 Å². The molecule has 0 aliphatic carbocycles. The molecule has 0 spiro atoms. The molecular formula is C9H13ClN4. The molecule has 2 rings (SSSR count). The standard InChI is InChI=1S/C9H13ClN4/c10-8-3-9(13-6-12-8)14-2-1-7(4-11)5-14/h3,6-7H,1-2,4-5,11H2/t7-/m0/s1. The van der Waals surface area contributed by atoms with Gasteiger partial charge in [0.2, 0.25) is 0 Å². The molecule has 2 N–H and O–H groups in total. The third-order valence-electron chi connectivity index (χ3n) is 2.56. The second-order valence-electron chi connectivity index (χ2n) is 3.54. The van der Waals surface area contributed by atoms with Gasteiger partial charge in [0.15, 0.2) is 0 Å². The molecule has 1 atom stereocenters. The number of nitrogens with zero attached hydrogens (tertiary/aromatic N) is 3. The summed E-state index contributed by atoms with van der Waals surface area (Å²) in [6.07, 6.45) is 2.63. The van der Waals surface area contributed by atoms with E-state index in [0.717, 1.165) is 31.9 Å². The Morgan fingerprint density at radius 3 is 3.07 bits per heavy atom. The molecule has 0 amide bonds. The lowest BCUT2D eigenvalue weighted by atomic mass is 10.1. The van der Waals surface area contributed by atoms with Gasteiger partial charge in [-0.2, -0.15) is 0 Å². The zero-order valence-corrected chi connectivity index (χ0v) is 8.61. The quantitative estimate of drug-likeness (QED) is 0.741. The average Bonchev–Trinajstić information content (AvgIpc) is 2.66. The van der Waals surface area contributed by atoms with E-state index in [1.54, 1.807) is 6.07 Å². The third-order valence-corrected chi connectivity index (χ3v) is 2.77. The molecule has 2 heterocycles. The number of nitrogens with two attached hydrogens (primary N) is 1. The first-order valence-electron chi connectivity index (χ1n) is 4.72. The second-order valence-corrected chi connectivity index (χ2v) is 3.92. The molecule has 1 aliphatic heterocycles. The number of aromatic nitrogens is 2. The number of anilines is 1. The molecule has 0 unspecified atom stereocenters. The molecule has 0 radical (unpaired) electrons. The van der Waals surface area contributed by atoms with Crippen LogP contribution in [0, 0.1) is 5.92 Å². The van der Waals surface area contributed by atoms with Gasteiger partial charge in [-0.05, 0) is 18.9 Å². The first-order valence-corrected chi connectivity index (χ1v) is 5.10. The van der Waals surface area contributed by atoms with Crippen molar-refractivity contribution in [3.63, 3.8) is 0 Å². The van der Waals surface area contributed by atoms with E-state index in [9.17, 15) is 0 Å². The summed E-state index contributed by atoms with van der Waals surface area (Å²) in [4.78, 5) is 10.2. The van der Waals surface area contributed by atoms with E-state index in [4.69, 9.17) is 17.3 Å². The summed E-state index contributed by atoms with van der Waals surface area (Å²) in [7, 11) is 0.